The van der Waals surface area contributed by atoms with Crippen molar-refractivity contribution in [2.45, 2.75) is 25.9 Å². The number of aromatic nitrogens is 1. The highest BCUT2D eigenvalue weighted by Gasteiger charge is 2.20. The van der Waals surface area contributed by atoms with Crippen LogP contribution in [-0.4, -0.2) is 52.1 Å². The SMILES string of the molecule is CSCC(C)N(C)C(=O)NC(C)c1nc(C(=O)O)cs1. The molecule has 20 heavy (non-hydrogen) atoms. The van der Waals surface area contributed by atoms with Gasteiger partial charge in [-0.15, -0.1) is 11.3 Å². The van der Waals surface area contributed by atoms with Crippen LogP contribution in [0.5, 0.6) is 0 Å². The van der Waals surface area contributed by atoms with Crippen LogP contribution in [0.3, 0.4) is 0 Å². The largest absolute Gasteiger partial charge is 0.476 e. The van der Waals surface area contributed by atoms with E-state index in [1.807, 2.05) is 13.2 Å². The maximum Gasteiger partial charge on any atom is 0.355 e. The highest BCUT2D eigenvalue weighted by Crippen LogP contribution is 2.18. The second-order valence-corrected chi connectivity index (χ2v) is 6.26. The van der Waals surface area contributed by atoms with E-state index in [2.05, 4.69) is 10.3 Å². The zero-order valence-corrected chi connectivity index (χ0v) is 13.5. The van der Waals surface area contributed by atoms with Crippen molar-refractivity contribution >= 4 is 35.1 Å². The van der Waals surface area contributed by atoms with Crippen molar-refractivity contribution in [1.29, 1.82) is 0 Å². The maximum atomic E-state index is 12.0. The Bertz CT molecular complexity index is 478. The van der Waals surface area contributed by atoms with Gasteiger partial charge in [-0.2, -0.15) is 11.8 Å². The summed E-state index contributed by atoms with van der Waals surface area (Å²) >= 11 is 2.91. The average Bonchev–Trinajstić information content (AvgIpc) is 2.87. The summed E-state index contributed by atoms with van der Waals surface area (Å²) in [5.41, 5.74) is 0.00945. The molecule has 2 unspecified atom stereocenters. The van der Waals surface area contributed by atoms with Gasteiger partial charge in [-0.3, -0.25) is 0 Å². The van der Waals surface area contributed by atoms with Crippen molar-refractivity contribution in [1.82, 2.24) is 15.2 Å². The molecule has 1 rings (SSSR count). The molecule has 0 aromatic carbocycles. The van der Waals surface area contributed by atoms with Crippen molar-refractivity contribution in [3.8, 4) is 0 Å². The molecule has 2 atom stereocenters. The quantitative estimate of drug-likeness (QED) is 0.841. The number of nitrogens with one attached hydrogen (secondary N) is 1. The first-order chi connectivity index (χ1) is 9.36. The zero-order chi connectivity index (χ0) is 15.3. The third-order valence-electron chi connectivity index (χ3n) is 2.84. The highest BCUT2D eigenvalue weighted by molar-refractivity contribution is 7.98. The predicted molar refractivity (Wildman–Crippen MR) is 81.6 cm³/mol. The smallest absolute Gasteiger partial charge is 0.355 e. The normalized spacial score (nSPS) is 13.6. The number of carbonyl (C=O) groups is 2. The number of amides is 2. The Kier molecular flexibility index (Phi) is 6.28. The third kappa shape index (κ3) is 4.38. The van der Waals surface area contributed by atoms with Gasteiger partial charge in [-0.05, 0) is 20.1 Å². The molecule has 0 fully saturated rings. The van der Waals surface area contributed by atoms with Gasteiger partial charge in [-0.25, -0.2) is 14.6 Å². The standard InChI is InChI=1S/C12H19N3O3S2/c1-7(5-19-4)15(3)12(18)13-8(2)10-14-9(6-20-10)11(16)17/h6-8H,5H2,1-4H3,(H,13,18)(H,16,17). The summed E-state index contributed by atoms with van der Waals surface area (Å²) in [6.07, 6.45) is 1.99. The van der Waals surface area contributed by atoms with Gasteiger partial charge in [0.2, 0.25) is 0 Å². The van der Waals surface area contributed by atoms with Gasteiger partial charge < -0.3 is 15.3 Å². The van der Waals surface area contributed by atoms with Gasteiger partial charge >= 0.3 is 12.0 Å². The number of carboxylic acid groups (broad SMARTS) is 1. The van der Waals surface area contributed by atoms with Crippen LogP contribution in [0.15, 0.2) is 5.38 Å². The van der Waals surface area contributed by atoms with Crippen LogP contribution in [0.1, 0.15) is 35.4 Å². The summed E-state index contributed by atoms with van der Waals surface area (Å²) in [5.74, 6) is -0.199. The molecule has 2 N–H and O–H groups in total. The highest BCUT2D eigenvalue weighted by atomic mass is 32.2. The van der Waals surface area contributed by atoms with E-state index in [0.717, 1.165) is 5.75 Å². The number of aromatic carboxylic acids is 1. The Balaban J connectivity index is 2.62. The van der Waals surface area contributed by atoms with Crippen LogP contribution in [0, 0.1) is 0 Å². The Labute approximate surface area is 126 Å². The molecule has 1 heterocycles. The number of rotatable bonds is 6. The minimum atomic E-state index is -1.06. The Morgan fingerprint density at radius 2 is 2.20 bits per heavy atom. The molecule has 0 aliphatic rings. The summed E-state index contributed by atoms with van der Waals surface area (Å²) in [7, 11) is 1.74. The summed E-state index contributed by atoms with van der Waals surface area (Å²) in [5, 5.41) is 13.7. The van der Waals surface area contributed by atoms with Crippen LogP contribution >= 0.6 is 23.1 Å². The number of hydrogen-bond acceptors (Lipinski definition) is 5. The van der Waals surface area contributed by atoms with Crippen LogP contribution < -0.4 is 5.32 Å². The fourth-order valence-corrected chi connectivity index (χ4v) is 2.99. The third-order valence-corrected chi connectivity index (χ3v) is 4.68. The van der Waals surface area contributed by atoms with Gasteiger partial charge in [0, 0.05) is 24.2 Å². The summed E-state index contributed by atoms with van der Waals surface area (Å²) in [6.45, 7) is 3.77. The molecule has 0 aliphatic carbocycles. The van der Waals surface area contributed by atoms with Gasteiger partial charge in [0.05, 0.1) is 6.04 Å². The Morgan fingerprint density at radius 1 is 1.55 bits per heavy atom. The summed E-state index contributed by atoms with van der Waals surface area (Å²) in [4.78, 5) is 28.4. The fourth-order valence-electron chi connectivity index (χ4n) is 1.49. The lowest BCUT2D eigenvalue weighted by Gasteiger charge is -2.26. The van der Waals surface area contributed by atoms with Crippen molar-refractivity contribution in [2.75, 3.05) is 19.1 Å². The fraction of sp³-hybridized carbons (Fsp3) is 0.583. The summed E-state index contributed by atoms with van der Waals surface area (Å²) in [6, 6.07) is -0.376. The van der Waals surface area contributed by atoms with Crippen LogP contribution in [-0.2, 0) is 0 Å². The van der Waals surface area contributed by atoms with Crippen molar-refractivity contribution < 1.29 is 14.7 Å². The van der Waals surface area contributed by atoms with Crippen molar-refractivity contribution in [3.05, 3.63) is 16.1 Å². The lowest BCUT2D eigenvalue weighted by molar-refractivity contribution is 0.0691. The molecule has 8 heteroatoms. The molecule has 0 saturated heterocycles. The number of carboxylic acids is 1. The number of nitrogens with zero attached hydrogens (tertiary/aromatic N) is 2. The Morgan fingerprint density at radius 3 is 2.70 bits per heavy atom. The van der Waals surface area contributed by atoms with Gasteiger partial charge in [0.1, 0.15) is 5.01 Å². The van der Waals surface area contributed by atoms with E-state index in [4.69, 9.17) is 5.11 Å². The number of thioether (sulfide) groups is 1. The van der Waals surface area contributed by atoms with Crippen LogP contribution in [0.25, 0.3) is 0 Å². The van der Waals surface area contributed by atoms with Crippen molar-refractivity contribution in [2.24, 2.45) is 0 Å². The molecule has 0 spiro atoms. The predicted octanol–water partition coefficient (Wildman–Crippen LogP) is 2.30. The first-order valence-corrected chi connectivity index (χ1v) is 8.35. The average molecular weight is 317 g/mol. The minimum absolute atomic E-state index is 0.00945. The second kappa shape index (κ2) is 7.49. The van der Waals surface area contributed by atoms with E-state index in [-0.39, 0.29) is 23.8 Å². The lowest BCUT2D eigenvalue weighted by atomic mass is 10.3. The second-order valence-electron chi connectivity index (χ2n) is 4.46. The first-order valence-electron chi connectivity index (χ1n) is 6.07. The molecule has 0 radical (unpaired) electrons. The van der Waals surface area contributed by atoms with Crippen LogP contribution in [0.2, 0.25) is 0 Å². The molecule has 1 aromatic rings. The molecular formula is C12H19N3O3S2. The number of urea groups is 1. The monoisotopic (exact) mass is 317 g/mol. The van der Waals surface area contributed by atoms with E-state index < -0.39 is 5.97 Å². The molecule has 0 aliphatic heterocycles. The van der Waals surface area contributed by atoms with Gasteiger partial charge in [0.25, 0.3) is 0 Å². The molecule has 112 valence electrons. The lowest BCUT2D eigenvalue weighted by Crippen LogP contribution is -2.44. The minimum Gasteiger partial charge on any atom is -0.476 e. The number of carbonyl (C=O) groups excluding carboxylic acids is 1. The zero-order valence-electron chi connectivity index (χ0n) is 11.9. The van der Waals surface area contributed by atoms with E-state index in [1.54, 1.807) is 30.6 Å². The number of hydrogen-bond donors (Lipinski definition) is 2. The molecule has 6 nitrogen and oxygen atoms in total. The molecule has 2 amide bonds. The molecule has 0 saturated carbocycles. The first kappa shape index (κ1) is 16.8. The maximum absolute atomic E-state index is 12.0. The van der Waals surface area contributed by atoms with E-state index >= 15 is 0 Å². The molecular weight excluding hydrogens is 298 g/mol. The van der Waals surface area contributed by atoms with E-state index in [9.17, 15) is 9.59 Å². The molecule has 0 bridgehead atoms. The Hall–Kier alpha value is -1.28. The van der Waals surface area contributed by atoms with Crippen LogP contribution in [0.4, 0.5) is 4.79 Å². The van der Waals surface area contributed by atoms with E-state index in [1.165, 1.54) is 16.7 Å². The topological polar surface area (TPSA) is 82.5 Å². The van der Waals surface area contributed by atoms with Crippen molar-refractivity contribution in [3.63, 3.8) is 0 Å². The van der Waals surface area contributed by atoms with Gasteiger partial charge in [-0.1, -0.05) is 0 Å². The number of thiazole rings is 1. The summed E-state index contributed by atoms with van der Waals surface area (Å²) < 4.78 is 0. The van der Waals surface area contributed by atoms with E-state index in [0.29, 0.717) is 5.01 Å². The van der Waals surface area contributed by atoms with Gasteiger partial charge in [0.15, 0.2) is 5.69 Å². The molecule has 1 aromatic heterocycles.